The fourth-order valence-electron chi connectivity index (χ4n) is 2.87. The Morgan fingerprint density at radius 2 is 1.76 bits per heavy atom. The minimum atomic E-state index is -4.74. The molecule has 148 valence electrons. The highest BCUT2D eigenvalue weighted by Crippen LogP contribution is 2.26. The van der Waals surface area contributed by atoms with Gasteiger partial charge in [0.2, 0.25) is 0 Å². The van der Waals surface area contributed by atoms with Crippen LogP contribution in [0.3, 0.4) is 0 Å². The number of pyridine rings is 1. The highest BCUT2D eigenvalue weighted by molar-refractivity contribution is 5.65. The third kappa shape index (κ3) is 4.26. The number of hydrogen-bond acceptors (Lipinski definition) is 5. The van der Waals surface area contributed by atoms with E-state index in [9.17, 15) is 18.0 Å². The molecule has 0 atom stereocenters. The molecule has 3 heterocycles. The Morgan fingerprint density at radius 1 is 1.00 bits per heavy atom. The smallest absolute Gasteiger partial charge is 0.406 e. The van der Waals surface area contributed by atoms with Crippen LogP contribution in [0.1, 0.15) is 5.69 Å². The maximum absolute atomic E-state index is 12.6. The lowest BCUT2D eigenvalue weighted by Crippen LogP contribution is -2.22. The van der Waals surface area contributed by atoms with Crippen LogP contribution in [0, 0.1) is 0 Å². The maximum Gasteiger partial charge on any atom is 0.573 e. The summed E-state index contributed by atoms with van der Waals surface area (Å²) in [5.74, 6) is -0.308. The maximum atomic E-state index is 12.6. The molecule has 10 heteroatoms. The van der Waals surface area contributed by atoms with Crippen molar-refractivity contribution in [2.75, 3.05) is 0 Å². The summed E-state index contributed by atoms with van der Waals surface area (Å²) in [7, 11) is 0. The van der Waals surface area contributed by atoms with Gasteiger partial charge in [0.25, 0.3) is 0 Å². The number of alkyl halides is 3. The van der Waals surface area contributed by atoms with E-state index in [2.05, 4.69) is 19.8 Å². The van der Waals surface area contributed by atoms with Gasteiger partial charge in [0.1, 0.15) is 12.1 Å². The Balaban J connectivity index is 1.58. The zero-order valence-corrected chi connectivity index (χ0v) is 14.9. The Morgan fingerprint density at radius 3 is 2.45 bits per heavy atom. The van der Waals surface area contributed by atoms with E-state index in [1.54, 1.807) is 30.6 Å². The van der Waals surface area contributed by atoms with Crippen molar-refractivity contribution >= 4 is 5.65 Å². The standard InChI is InChI=1S/C19H14F3N5O2/c20-19(21,22)29-16-4-1-13(2-5-16)14-3-6-17-25-27(18(28)26(17)11-14)10-8-15-7-9-23-12-24-15/h1-7,9,11-12H,8,10H2. The minimum absolute atomic E-state index is 0.308. The number of aryl methyl sites for hydroxylation is 2. The normalized spacial score (nSPS) is 11.7. The van der Waals surface area contributed by atoms with E-state index in [-0.39, 0.29) is 11.4 Å². The van der Waals surface area contributed by atoms with Crippen LogP contribution in [-0.2, 0) is 13.0 Å². The van der Waals surface area contributed by atoms with Crippen LogP contribution < -0.4 is 10.4 Å². The lowest BCUT2D eigenvalue weighted by atomic mass is 10.1. The number of rotatable bonds is 5. The molecule has 0 N–H and O–H groups in total. The summed E-state index contributed by atoms with van der Waals surface area (Å²) >= 11 is 0. The van der Waals surface area contributed by atoms with E-state index in [4.69, 9.17) is 0 Å². The topological polar surface area (TPSA) is 74.3 Å². The van der Waals surface area contributed by atoms with Gasteiger partial charge in [-0.1, -0.05) is 12.1 Å². The molecule has 29 heavy (non-hydrogen) atoms. The van der Waals surface area contributed by atoms with Crippen LogP contribution in [0.4, 0.5) is 13.2 Å². The number of hydrogen-bond donors (Lipinski definition) is 0. The highest BCUT2D eigenvalue weighted by Gasteiger charge is 2.30. The summed E-state index contributed by atoms with van der Waals surface area (Å²) in [6.45, 7) is 0.357. The molecular formula is C19H14F3N5O2. The molecule has 0 bridgehead atoms. The van der Waals surface area contributed by atoms with Gasteiger partial charge in [-0.3, -0.25) is 0 Å². The van der Waals surface area contributed by atoms with Crippen molar-refractivity contribution in [2.24, 2.45) is 0 Å². The molecule has 3 aromatic heterocycles. The van der Waals surface area contributed by atoms with Crippen molar-refractivity contribution in [3.05, 3.63) is 77.4 Å². The highest BCUT2D eigenvalue weighted by atomic mass is 19.4. The van der Waals surface area contributed by atoms with Crippen molar-refractivity contribution in [3.63, 3.8) is 0 Å². The Labute approximate surface area is 162 Å². The van der Waals surface area contributed by atoms with E-state index >= 15 is 0 Å². The molecule has 7 nitrogen and oxygen atoms in total. The number of aromatic nitrogens is 5. The molecule has 4 aromatic rings. The molecule has 0 radical (unpaired) electrons. The number of ether oxygens (including phenoxy) is 1. The number of benzene rings is 1. The molecule has 0 unspecified atom stereocenters. The second kappa shape index (κ2) is 7.38. The van der Waals surface area contributed by atoms with Crippen molar-refractivity contribution in [3.8, 4) is 16.9 Å². The third-order valence-corrected chi connectivity index (χ3v) is 4.22. The number of nitrogens with zero attached hydrogens (tertiary/aromatic N) is 5. The third-order valence-electron chi connectivity index (χ3n) is 4.22. The average molecular weight is 401 g/mol. The van der Waals surface area contributed by atoms with Gasteiger partial charge in [-0.15, -0.1) is 18.3 Å². The van der Waals surface area contributed by atoms with Crippen LogP contribution in [0.2, 0.25) is 0 Å². The van der Waals surface area contributed by atoms with E-state index in [0.717, 1.165) is 5.69 Å². The summed E-state index contributed by atoms with van der Waals surface area (Å²) < 4.78 is 43.5. The van der Waals surface area contributed by atoms with E-state index in [1.165, 1.54) is 39.7 Å². The zero-order valence-electron chi connectivity index (χ0n) is 14.9. The summed E-state index contributed by atoms with van der Waals surface area (Å²) in [4.78, 5) is 20.6. The lowest BCUT2D eigenvalue weighted by molar-refractivity contribution is -0.274. The molecule has 0 aliphatic rings. The molecule has 0 amide bonds. The first kappa shape index (κ1) is 18.7. The second-order valence-electron chi connectivity index (χ2n) is 6.17. The SMILES string of the molecule is O=c1n(CCc2ccncn2)nc2ccc(-c3ccc(OC(F)(F)F)cc3)cn12. The first-order chi connectivity index (χ1) is 13.9. The summed E-state index contributed by atoms with van der Waals surface area (Å²) in [5, 5.41) is 4.30. The first-order valence-electron chi connectivity index (χ1n) is 8.59. The minimum Gasteiger partial charge on any atom is -0.406 e. The Bertz CT molecular complexity index is 1180. The van der Waals surface area contributed by atoms with Crippen LogP contribution in [0.25, 0.3) is 16.8 Å². The fraction of sp³-hybridized carbons (Fsp3) is 0.158. The van der Waals surface area contributed by atoms with Crippen molar-refractivity contribution in [1.29, 1.82) is 0 Å². The summed E-state index contributed by atoms with van der Waals surface area (Å²) in [6, 6.07) is 10.6. The van der Waals surface area contributed by atoms with E-state index in [0.29, 0.717) is 29.7 Å². The molecular weight excluding hydrogens is 387 g/mol. The lowest BCUT2D eigenvalue weighted by Gasteiger charge is -2.09. The number of halogens is 3. The quantitative estimate of drug-likeness (QED) is 0.514. The summed E-state index contributed by atoms with van der Waals surface area (Å²) in [6.07, 6.45) is 0.463. The molecule has 0 spiro atoms. The Hall–Kier alpha value is -3.69. The Kier molecular flexibility index (Phi) is 4.75. The molecule has 0 saturated heterocycles. The molecule has 4 rings (SSSR count). The van der Waals surface area contributed by atoms with Gasteiger partial charge in [0, 0.05) is 24.5 Å². The van der Waals surface area contributed by atoms with Crippen molar-refractivity contribution in [2.45, 2.75) is 19.3 Å². The molecule has 0 aliphatic heterocycles. The second-order valence-corrected chi connectivity index (χ2v) is 6.17. The van der Waals surface area contributed by atoms with Gasteiger partial charge in [-0.05, 0) is 41.5 Å². The van der Waals surface area contributed by atoms with Gasteiger partial charge in [-0.25, -0.2) is 23.8 Å². The molecule has 0 fully saturated rings. The van der Waals surface area contributed by atoms with Gasteiger partial charge in [-0.2, -0.15) is 0 Å². The van der Waals surface area contributed by atoms with Crippen LogP contribution in [0.5, 0.6) is 5.75 Å². The zero-order chi connectivity index (χ0) is 20.4. The predicted octanol–water partition coefficient (Wildman–Crippen LogP) is 3.09. The molecule has 0 aliphatic carbocycles. The molecule has 0 saturated carbocycles. The van der Waals surface area contributed by atoms with E-state index in [1.807, 2.05) is 0 Å². The van der Waals surface area contributed by atoms with Gasteiger partial charge < -0.3 is 4.74 Å². The van der Waals surface area contributed by atoms with E-state index < -0.39 is 6.36 Å². The summed E-state index contributed by atoms with van der Waals surface area (Å²) in [5.41, 5.74) is 2.26. The predicted molar refractivity (Wildman–Crippen MR) is 97.3 cm³/mol. The van der Waals surface area contributed by atoms with Gasteiger partial charge in [0.15, 0.2) is 5.65 Å². The van der Waals surface area contributed by atoms with Gasteiger partial charge in [0.05, 0.1) is 6.54 Å². The monoisotopic (exact) mass is 401 g/mol. The van der Waals surface area contributed by atoms with Crippen molar-refractivity contribution in [1.82, 2.24) is 24.1 Å². The van der Waals surface area contributed by atoms with Crippen LogP contribution in [-0.4, -0.2) is 30.5 Å². The van der Waals surface area contributed by atoms with Crippen LogP contribution in [0.15, 0.2) is 66.0 Å². The first-order valence-corrected chi connectivity index (χ1v) is 8.59. The molecule has 1 aromatic carbocycles. The largest absolute Gasteiger partial charge is 0.573 e. The number of fused-ring (bicyclic) bond motifs is 1. The van der Waals surface area contributed by atoms with Crippen molar-refractivity contribution < 1.29 is 17.9 Å². The fourth-order valence-corrected chi connectivity index (χ4v) is 2.87. The van der Waals surface area contributed by atoms with Crippen LogP contribution >= 0.6 is 0 Å². The average Bonchev–Trinajstić information content (AvgIpc) is 3.02. The van der Waals surface area contributed by atoms with Gasteiger partial charge >= 0.3 is 12.1 Å².